The summed E-state index contributed by atoms with van der Waals surface area (Å²) in [7, 11) is 0. The molecule has 5 nitrogen and oxygen atoms in total. The Morgan fingerprint density at radius 2 is 1.78 bits per heavy atom. The molecule has 0 heterocycles. The molecular formula is C16H14F2N2O3. The lowest BCUT2D eigenvalue weighted by molar-refractivity contribution is -0.114. The first-order chi connectivity index (χ1) is 11.0. The second-order valence-electron chi connectivity index (χ2n) is 4.59. The maximum atomic E-state index is 12.4. The van der Waals surface area contributed by atoms with E-state index >= 15 is 0 Å². The molecule has 0 fully saturated rings. The number of amides is 2. The molecule has 0 atom stereocenters. The number of carbonyl (C=O) groups excluding carboxylic acids is 2. The summed E-state index contributed by atoms with van der Waals surface area (Å²) in [5, 5.41) is 5.06. The van der Waals surface area contributed by atoms with Crippen LogP contribution >= 0.6 is 0 Å². The van der Waals surface area contributed by atoms with Crippen LogP contribution in [-0.2, 0) is 4.79 Å². The molecule has 0 unspecified atom stereocenters. The summed E-state index contributed by atoms with van der Waals surface area (Å²) in [6, 6.07) is 12.1. The fraction of sp³-hybridized carbons (Fsp3) is 0.125. The highest BCUT2D eigenvalue weighted by Crippen LogP contribution is 2.26. The van der Waals surface area contributed by atoms with Gasteiger partial charge in [-0.05, 0) is 30.3 Å². The summed E-state index contributed by atoms with van der Waals surface area (Å²) in [6.45, 7) is -1.64. The van der Waals surface area contributed by atoms with Gasteiger partial charge in [-0.1, -0.05) is 18.2 Å². The summed E-state index contributed by atoms with van der Waals surface area (Å²) in [6.07, 6.45) is 0. The van der Waals surface area contributed by atoms with Gasteiger partial charge in [0.2, 0.25) is 5.91 Å². The number of alkyl halides is 2. The van der Waals surface area contributed by atoms with E-state index in [1.54, 1.807) is 18.2 Å². The van der Waals surface area contributed by atoms with Crippen LogP contribution < -0.4 is 15.4 Å². The third kappa shape index (κ3) is 4.77. The molecule has 0 bridgehead atoms. The Kier molecular flexibility index (Phi) is 5.24. The van der Waals surface area contributed by atoms with Gasteiger partial charge in [-0.3, -0.25) is 9.59 Å². The van der Waals surface area contributed by atoms with Gasteiger partial charge in [0.15, 0.2) is 0 Å². The Balaban J connectivity index is 2.18. The van der Waals surface area contributed by atoms with E-state index in [9.17, 15) is 18.4 Å². The van der Waals surface area contributed by atoms with Gasteiger partial charge in [0.1, 0.15) is 5.75 Å². The SMILES string of the molecule is CC(=O)Nc1cccc(C(=O)Nc2ccccc2OC(F)F)c1. The van der Waals surface area contributed by atoms with E-state index in [0.717, 1.165) is 0 Å². The molecule has 2 rings (SSSR count). The number of rotatable bonds is 5. The molecule has 0 saturated heterocycles. The number of carbonyl (C=O) groups is 2. The van der Waals surface area contributed by atoms with Gasteiger partial charge < -0.3 is 15.4 Å². The molecule has 0 aliphatic heterocycles. The van der Waals surface area contributed by atoms with E-state index in [1.165, 1.54) is 37.3 Å². The van der Waals surface area contributed by atoms with Crippen LogP contribution in [0.3, 0.4) is 0 Å². The van der Waals surface area contributed by atoms with Crippen LogP contribution in [0.5, 0.6) is 5.75 Å². The summed E-state index contributed by atoms with van der Waals surface area (Å²) in [4.78, 5) is 23.3. The van der Waals surface area contributed by atoms with Gasteiger partial charge in [-0.25, -0.2) is 0 Å². The van der Waals surface area contributed by atoms with Crippen LogP contribution in [0.2, 0.25) is 0 Å². The lowest BCUT2D eigenvalue weighted by Crippen LogP contribution is -2.14. The fourth-order valence-corrected chi connectivity index (χ4v) is 1.90. The van der Waals surface area contributed by atoms with E-state index in [2.05, 4.69) is 15.4 Å². The quantitative estimate of drug-likeness (QED) is 0.886. The van der Waals surface area contributed by atoms with Crippen molar-refractivity contribution in [1.82, 2.24) is 0 Å². The van der Waals surface area contributed by atoms with Crippen molar-refractivity contribution >= 4 is 23.2 Å². The predicted molar refractivity (Wildman–Crippen MR) is 81.8 cm³/mol. The second-order valence-corrected chi connectivity index (χ2v) is 4.59. The molecule has 2 aromatic carbocycles. The summed E-state index contributed by atoms with van der Waals surface area (Å²) in [5.74, 6) is -0.908. The molecule has 0 spiro atoms. The Morgan fingerprint density at radius 3 is 2.48 bits per heavy atom. The molecule has 2 N–H and O–H groups in total. The summed E-state index contributed by atoms with van der Waals surface area (Å²) in [5.41, 5.74) is 0.855. The molecule has 0 aliphatic rings. The van der Waals surface area contributed by atoms with Crippen molar-refractivity contribution in [2.75, 3.05) is 10.6 Å². The second kappa shape index (κ2) is 7.35. The number of nitrogens with one attached hydrogen (secondary N) is 2. The van der Waals surface area contributed by atoms with Crippen molar-refractivity contribution in [3.05, 3.63) is 54.1 Å². The third-order valence-electron chi connectivity index (χ3n) is 2.80. The van der Waals surface area contributed by atoms with Crippen molar-refractivity contribution in [1.29, 1.82) is 0 Å². The minimum atomic E-state index is -2.99. The van der Waals surface area contributed by atoms with Crippen molar-refractivity contribution in [3.8, 4) is 5.75 Å². The number of hydrogen-bond acceptors (Lipinski definition) is 3. The average Bonchev–Trinajstić information content (AvgIpc) is 2.48. The lowest BCUT2D eigenvalue weighted by atomic mass is 10.1. The normalized spacial score (nSPS) is 10.3. The smallest absolute Gasteiger partial charge is 0.387 e. The fourth-order valence-electron chi connectivity index (χ4n) is 1.90. The van der Waals surface area contributed by atoms with Crippen molar-refractivity contribution in [3.63, 3.8) is 0 Å². The summed E-state index contributed by atoms with van der Waals surface area (Å²) < 4.78 is 29.1. The number of anilines is 2. The van der Waals surface area contributed by atoms with Gasteiger partial charge in [-0.15, -0.1) is 0 Å². The van der Waals surface area contributed by atoms with Crippen molar-refractivity contribution in [2.45, 2.75) is 13.5 Å². The maximum absolute atomic E-state index is 12.4. The first kappa shape index (κ1) is 16.4. The van der Waals surface area contributed by atoms with Gasteiger partial charge in [0.25, 0.3) is 5.91 Å². The Morgan fingerprint density at radius 1 is 1.04 bits per heavy atom. The standard InChI is InChI=1S/C16H14F2N2O3/c1-10(21)19-12-6-4-5-11(9-12)15(22)20-13-7-2-3-8-14(13)23-16(17)18/h2-9,16H,1H3,(H,19,21)(H,20,22). The average molecular weight is 320 g/mol. The number of ether oxygens (including phenoxy) is 1. The van der Waals surface area contributed by atoms with Gasteiger partial charge in [-0.2, -0.15) is 8.78 Å². The Hall–Kier alpha value is -2.96. The topological polar surface area (TPSA) is 67.4 Å². The van der Waals surface area contributed by atoms with Crippen LogP contribution in [0.4, 0.5) is 20.2 Å². The zero-order valence-electron chi connectivity index (χ0n) is 12.2. The van der Waals surface area contributed by atoms with Gasteiger partial charge in [0.05, 0.1) is 5.69 Å². The minimum Gasteiger partial charge on any atom is -0.433 e. The van der Waals surface area contributed by atoms with Gasteiger partial charge >= 0.3 is 6.61 Å². The highest BCUT2D eigenvalue weighted by molar-refractivity contribution is 6.06. The molecule has 23 heavy (non-hydrogen) atoms. The minimum absolute atomic E-state index is 0.128. The van der Waals surface area contributed by atoms with E-state index in [4.69, 9.17) is 0 Å². The zero-order chi connectivity index (χ0) is 16.8. The number of benzene rings is 2. The molecule has 0 aromatic heterocycles. The molecule has 0 aliphatic carbocycles. The predicted octanol–water partition coefficient (Wildman–Crippen LogP) is 3.50. The molecule has 7 heteroatoms. The first-order valence-corrected chi connectivity index (χ1v) is 6.68. The van der Waals surface area contributed by atoms with Crippen LogP contribution in [-0.4, -0.2) is 18.4 Å². The van der Waals surface area contributed by atoms with Crippen LogP contribution in [0.25, 0.3) is 0 Å². The highest BCUT2D eigenvalue weighted by atomic mass is 19.3. The highest BCUT2D eigenvalue weighted by Gasteiger charge is 2.13. The van der Waals surface area contributed by atoms with Gasteiger partial charge in [0, 0.05) is 18.2 Å². The number of para-hydroxylation sites is 2. The molecule has 2 amide bonds. The molecular weight excluding hydrogens is 306 g/mol. The number of halogens is 2. The van der Waals surface area contributed by atoms with E-state index < -0.39 is 12.5 Å². The van der Waals surface area contributed by atoms with Crippen LogP contribution in [0.1, 0.15) is 17.3 Å². The lowest BCUT2D eigenvalue weighted by Gasteiger charge is -2.12. The Labute approximate surface area is 131 Å². The van der Waals surface area contributed by atoms with E-state index in [-0.39, 0.29) is 22.9 Å². The van der Waals surface area contributed by atoms with Crippen molar-refractivity contribution in [2.24, 2.45) is 0 Å². The summed E-state index contributed by atoms with van der Waals surface area (Å²) >= 11 is 0. The molecule has 0 radical (unpaired) electrons. The molecule has 120 valence electrons. The largest absolute Gasteiger partial charge is 0.433 e. The first-order valence-electron chi connectivity index (χ1n) is 6.68. The monoisotopic (exact) mass is 320 g/mol. The molecule has 2 aromatic rings. The van der Waals surface area contributed by atoms with E-state index in [1.807, 2.05) is 0 Å². The van der Waals surface area contributed by atoms with Crippen LogP contribution in [0.15, 0.2) is 48.5 Å². The maximum Gasteiger partial charge on any atom is 0.387 e. The van der Waals surface area contributed by atoms with E-state index in [0.29, 0.717) is 5.69 Å². The van der Waals surface area contributed by atoms with Crippen molar-refractivity contribution < 1.29 is 23.1 Å². The zero-order valence-corrected chi connectivity index (χ0v) is 12.2. The molecule has 0 saturated carbocycles. The third-order valence-corrected chi connectivity index (χ3v) is 2.80. The number of hydrogen-bond donors (Lipinski definition) is 2. The Bertz CT molecular complexity index is 720. The van der Waals surface area contributed by atoms with Crippen LogP contribution in [0, 0.1) is 0 Å².